The molecule has 1 aliphatic heterocycles. The van der Waals surface area contributed by atoms with Crippen LogP contribution in [0.4, 0.5) is 0 Å². The normalized spacial score (nSPS) is 27.3. The molecule has 192 valence electrons. The van der Waals surface area contributed by atoms with Gasteiger partial charge >= 0.3 is 0 Å². The zero-order chi connectivity index (χ0) is 26.0. The Kier molecular flexibility index (Phi) is 8.13. The van der Waals surface area contributed by atoms with E-state index in [1.807, 2.05) is 43.3 Å². The summed E-state index contributed by atoms with van der Waals surface area (Å²) in [5.41, 5.74) is 6.59. The molecule has 1 aliphatic carbocycles. The van der Waals surface area contributed by atoms with Crippen molar-refractivity contribution in [3.05, 3.63) is 106 Å². The summed E-state index contributed by atoms with van der Waals surface area (Å²) in [6, 6.07) is 20.5. The molecule has 36 heavy (non-hydrogen) atoms. The molecule has 1 heterocycles. The topological polar surface area (TPSA) is 99.4 Å². The molecule has 1 fully saturated rings. The molecule has 0 amide bonds. The summed E-state index contributed by atoms with van der Waals surface area (Å²) in [7, 11) is 0. The van der Waals surface area contributed by atoms with Crippen LogP contribution in [-0.4, -0.2) is 57.7 Å². The third-order valence-electron chi connectivity index (χ3n) is 7.10. The van der Waals surface area contributed by atoms with Crippen LogP contribution in [0, 0.1) is 5.92 Å². The van der Waals surface area contributed by atoms with Gasteiger partial charge in [0.15, 0.2) is 0 Å². The van der Waals surface area contributed by atoms with Crippen LogP contribution < -0.4 is 0 Å². The van der Waals surface area contributed by atoms with Crippen molar-refractivity contribution in [2.75, 3.05) is 6.61 Å². The molecule has 1 saturated heterocycles. The lowest BCUT2D eigenvalue weighted by Crippen LogP contribution is -2.40. The molecule has 6 nitrogen and oxygen atoms in total. The number of aliphatic hydroxyl groups is 4. The van der Waals surface area contributed by atoms with Gasteiger partial charge in [-0.25, -0.2) is 0 Å². The molecule has 0 saturated carbocycles. The van der Waals surface area contributed by atoms with E-state index < -0.39 is 37.3 Å². The summed E-state index contributed by atoms with van der Waals surface area (Å²) in [4.78, 5) is 0. The Morgan fingerprint density at radius 2 is 1.47 bits per heavy atom. The van der Waals surface area contributed by atoms with Crippen LogP contribution in [0.2, 0.25) is 0 Å². The summed E-state index contributed by atoms with van der Waals surface area (Å²) in [6.45, 7) is 7.64. The second-order valence-corrected chi connectivity index (χ2v) is 9.88. The highest BCUT2D eigenvalue weighted by atomic mass is 16.7. The van der Waals surface area contributed by atoms with Crippen LogP contribution in [-0.2, 0) is 9.47 Å². The summed E-state index contributed by atoms with van der Waals surface area (Å²) >= 11 is 0. The van der Waals surface area contributed by atoms with E-state index in [4.69, 9.17) is 9.47 Å². The highest BCUT2D eigenvalue weighted by molar-refractivity contribution is 5.52. The van der Waals surface area contributed by atoms with Gasteiger partial charge < -0.3 is 29.9 Å². The Hall–Kier alpha value is -2.74. The summed E-state index contributed by atoms with van der Waals surface area (Å²) in [5.74, 6) is 0.331. The van der Waals surface area contributed by atoms with Crippen LogP contribution in [0.5, 0.6) is 0 Å². The third kappa shape index (κ3) is 5.05. The number of allylic oxidation sites excluding steroid dienone is 5. The van der Waals surface area contributed by atoms with Gasteiger partial charge in [0.05, 0.1) is 12.5 Å². The fourth-order valence-corrected chi connectivity index (χ4v) is 5.50. The van der Waals surface area contributed by atoms with Gasteiger partial charge in [-0.1, -0.05) is 72.3 Å². The lowest BCUT2D eigenvalue weighted by molar-refractivity contribution is -0.165. The van der Waals surface area contributed by atoms with Gasteiger partial charge in [-0.3, -0.25) is 0 Å². The van der Waals surface area contributed by atoms with Crippen molar-refractivity contribution >= 4 is 0 Å². The second kappa shape index (κ2) is 11.1. The van der Waals surface area contributed by atoms with E-state index in [0.717, 1.165) is 33.4 Å². The van der Waals surface area contributed by atoms with Crippen molar-refractivity contribution in [1.29, 1.82) is 0 Å². The van der Waals surface area contributed by atoms with Gasteiger partial charge in [-0.2, -0.15) is 0 Å². The maximum atomic E-state index is 10.7. The van der Waals surface area contributed by atoms with Crippen molar-refractivity contribution in [2.24, 2.45) is 5.92 Å². The SMILES string of the molecule is CC1=CC(C)=C(O[C@H]2O[C@H]([C@@H](O)CO)[C@H](O)[C@H]2O)C(C(c2ccccc2)c2ccccc2)C1=C(C)C. The zero-order valence-electron chi connectivity index (χ0n) is 21.2. The van der Waals surface area contributed by atoms with E-state index in [1.54, 1.807) is 0 Å². The fourth-order valence-electron chi connectivity index (χ4n) is 5.50. The Morgan fingerprint density at radius 1 is 0.917 bits per heavy atom. The number of hydrogen-bond donors (Lipinski definition) is 4. The Balaban J connectivity index is 1.83. The number of aliphatic hydroxyl groups excluding tert-OH is 4. The predicted octanol–water partition coefficient (Wildman–Crippen LogP) is 3.82. The minimum atomic E-state index is -1.39. The van der Waals surface area contributed by atoms with Crippen molar-refractivity contribution in [2.45, 2.75) is 64.3 Å². The quantitative estimate of drug-likeness (QED) is 0.469. The smallest absolute Gasteiger partial charge is 0.228 e. The average molecular weight is 493 g/mol. The van der Waals surface area contributed by atoms with Gasteiger partial charge in [0, 0.05) is 5.92 Å². The molecule has 2 aliphatic rings. The molecule has 6 atom stereocenters. The Bertz CT molecular complexity index is 1090. The first-order valence-corrected chi connectivity index (χ1v) is 12.4. The first-order valence-electron chi connectivity index (χ1n) is 12.4. The van der Waals surface area contributed by atoms with Gasteiger partial charge in [0.25, 0.3) is 0 Å². The Morgan fingerprint density at radius 3 is 1.97 bits per heavy atom. The monoisotopic (exact) mass is 492 g/mol. The van der Waals surface area contributed by atoms with E-state index in [0.29, 0.717) is 5.76 Å². The van der Waals surface area contributed by atoms with Crippen molar-refractivity contribution in [3.63, 3.8) is 0 Å². The molecule has 1 unspecified atom stereocenters. The van der Waals surface area contributed by atoms with Crippen molar-refractivity contribution in [1.82, 2.24) is 0 Å². The molecule has 0 bridgehead atoms. The zero-order valence-corrected chi connectivity index (χ0v) is 21.2. The summed E-state index contributed by atoms with van der Waals surface area (Å²) in [5, 5.41) is 40.6. The molecule has 0 radical (unpaired) electrons. The van der Waals surface area contributed by atoms with Gasteiger partial charge in [-0.05, 0) is 55.5 Å². The number of rotatable bonds is 7. The molecule has 4 N–H and O–H groups in total. The van der Waals surface area contributed by atoms with Crippen molar-refractivity contribution < 1.29 is 29.9 Å². The van der Waals surface area contributed by atoms with E-state index in [-0.39, 0.29) is 11.8 Å². The molecule has 2 aromatic carbocycles. The average Bonchev–Trinajstić information content (AvgIpc) is 3.15. The first-order chi connectivity index (χ1) is 17.2. The Labute approximate surface area is 212 Å². The first kappa shape index (κ1) is 26.3. The third-order valence-corrected chi connectivity index (χ3v) is 7.10. The highest BCUT2D eigenvalue weighted by Gasteiger charge is 2.49. The van der Waals surface area contributed by atoms with Crippen LogP contribution in [0.25, 0.3) is 0 Å². The van der Waals surface area contributed by atoms with E-state index >= 15 is 0 Å². The van der Waals surface area contributed by atoms with Crippen LogP contribution >= 0.6 is 0 Å². The molecular formula is C30H36O6. The molecule has 0 spiro atoms. The van der Waals surface area contributed by atoms with Crippen LogP contribution in [0.3, 0.4) is 0 Å². The maximum Gasteiger partial charge on any atom is 0.228 e. The van der Waals surface area contributed by atoms with E-state index in [2.05, 4.69) is 51.1 Å². The summed E-state index contributed by atoms with van der Waals surface area (Å²) < 4.78 is 12.2. The summed E-state index contributed by atoms with van der Waals surface area (Å²) in [6.07, 6.45) is -4.39. The standard InChI is InChI=1S/C30H36O6/c1-17(2)23-18(3)15-19(4)28(35-30-27(34)26(33)29(36-30)22(32)16-31)25(23)24(20-11-7-5-8-12-20)21-13-9-6-10-14-21/h5-15,22,24-27,29-34H,16H2,1-4H3/t22-,25?,26+,27+,29+,30-/m0/s1. The van der Waals surface area contributed by atoms with E-state index in [9.17, 15) is 20.4 Å². The minimum Gasteiger partial charge on any atom is -0.465 e. The van der Waals surface area contributed by atoms with Gasteiger partial charge in [0.2, 0.25) is 6.29 Å². The van der Waals surface area contributed by atoms with Crippen LogP contribution in [0.15, 0.2) is 94.8 Å². The second-order valence-electron chi connectivity index (χ2n) is 9.88. The molecule has 6 heteroatoms. The number of hydrogen-bond acceptors (Lipinski definition) is 6. The molecule has 0 aromatic heterocycles. The predicted molar refractivity (Wildman–Crippen MR) is 138 cm³/mol. The fraction of sp³-hybridized carbons (Fsp3) is 0.400. The minimum absolute atomic E-state index is 0.0896. The number of benzene rings is 2. The van der Waals surface area contributed by atoms with Crippen LogP contribution in [0.1, 0.15) is 44.7 Å². The molecular weight excluding hydrogens is 456 g/mol. The van der Waals surface area contributed by atoms with Crippen molar-refractivity contribution in [3.8, 4) is 0 Å². The highest BCUT2D eigenvalue weighted by Crippen LogP contribution is 2.48. The molecule has 2 aromatic rings. The van der Waals surface area contributed by atoms with E-state index in [1.165, 1.54) is 0 Å². The van der Waals surface area contributed by atoms with Gasteiger partial charge in [0.1, 0.15) is 30.2 Å². The largest absolute Gasteiger partial charge is 0.465 e. The lowest BCUT2D eigenvalue weighted by Gasteiger charge is -2.38. The number of ether oxygens (including phenoxy) is 2. The maximum absolute atomic E-state index is 10.7. The lowest BCUT2D eigenvalue weighted by atomic mass is 9.70. The van der Waals surface area contributed by atoms with Gasteiger partial charge in [-0.15, -0.1) is 0 Å². The molecule has 4 rings (SSSR count).